The van der Waals surface area contributed by atoms with Crippen LogP contribution in [0.1, 0.15) is 0 Å². The molecule has 0 aliphatic heterocycles. The van der Waals surface area contributed by atoms with Gasteiger partial charge in [0.15, 0.2) is 11.2 Å². The largest absolute Gasteiger partial charge is 0.455 e. The molecule has 0 saturated heterocycles. The zero-order valence-corrected chi connectivity index (χ0v) is 10.6. The van der Waals surface area contributed by atoms with Crippen molar-refractivity contribution in [2.45, 2.75) is 0 Å². The number of pyridine rings is 1. The van der Waals surface area contributed by atoms with Crippen molar-refractivity contribution in [3.8, 4) is 11.5 Å². The van der Waals surface area contributed by atoms with Crippen LogP contribution in [0.2, 0.25) is 5.02 Å². The first-order valence-electron chi connectivity index (χ1n) is 5.78. The van der Waals surface area contributed by atoms with Crippen LogP contribution in [0.4, 0.5) is 0 Å². The Morgan fingerprint density at radius 2 is 1.79 bits per heavy atom. The average molecular weight is 272 g/mol. The summed E-state index contributed by atoms with van der Waals surface area (Å²) >= 11 is 6.06. The highest BCUT2D eigenvalue weighted by molar-refractivity contribution is 6.35. The van der Waals surface area contributed by atoms with Crippen molar-refractivity contribution in [2.75, 3.05) is 0 Å². The molecule has 0 amide bonds. The normalized spacial score (nSPS) is 10.6. The first-order valence-corrected chi connectivity index (χ1v) is 6.16. The van der Waals surface area contributed by atoms with Gasteiger partial charge in [0.25, 0.3) is 0 Å². The molecule has 3 nitrogen and oxygen atoms in total. The predicted octanol–water partition coefficient (Wildman–Crippen LogP) is 3.97. The highest BCUT2D eigenvalue weighted by atomic mass is 35.5. The summed E-state index contributed by atoms with van der Waals surface area (Å²) in [6.07, 6.45) is 1.58. The summed E-state index contributed by atoms with van der Waals surface area (Å²) in [4.78, 5) is 14.9. The summed E-state index contributed by atoms with van der Waals surface area (Å²) in [6.45, 7) is 0. The van der Waals surface area contributed by atoms with Crippen molar-refractivity contribution >= 4 is 22.5 Å². The summed E-state index contributed by atoms with van der Waals surface area (Å²) < 4.78 is 5.77. The molecule has 1 heterocycles. The number of fused-ring (bicyclic) bond motifs is 1. The molecule has 0 unspecified atom stereocenters. The molecular formula is C15H10ClNO2. The Labute approximate surface area is 114 Å². The molecule has 0 atom stereocenters. The van der Waals surface area contributed by atoms with Gasteiger partial charge in [-0.05, 0) is 24.3 Å². The van der Waals surface area contributed by atoms with E-state index in [1.807, 2.05) is 30.3 Å². The fourth-order valence-corrected chi connectivity index (χ4v) is 2.18. The van der Waals surface area contributed by atoms with Gasteiger partial charge in [-0.1, -0.05) is 29.8 Å². The number of nitrogens with one attached hydrogen (secondary N) is 1. The summed E-state index contributed by atoms with van der Waals surface area (Å²) in [5, 5.41) is 0.856. The van der Waals surface area contributed by atoms with Gasteiger partial charge in [0.05, 0.1) is 15.9 Å². The SMILES string of the molecule is O=c1cc[nH]c2c(Oc3ccccc3)ccc(Cl)c12. The number of hydrogen-bond acceptors (Lipinski definition) is 2. The van der Waals surface area contributed by atoms with E-state index in [0.29, 0.717) is 27.4 Å². The van der Waals surface area contributed by atoms with Gasteiger partial charge in [-0.2, -0.15) is 0 Å². The van der Waals surface area contributed by atoms with Crippen molar-refractivity contribution in [1.29, 1.82) is 0 Å². The first kappa shape index (κ1) is 11.8. The number of benzene rings is 2. The second kappa shape index (κ2) is 4.78. The quantitative estimate of drug-likeness (QED) is 0.766. The summed E-state index contributed by atoms with van der Waals surface area (Å²) in [6, 6.07) is 14.2. The van der Waals surface area contributed by atoms with E-state index in [2.05, 4.69) is 4.98 Å². The minimum Gasteiger partial charge on any atom is -0.455 e. The second-order valence-corrected chi connectivity index (χ2v) is 4.46. The molecule has 0 fully saturated rings. The van der Waals surface area contributed by atoms with E-state index in [1.165, 1.54) is 6.07 Å². The minimum atomic E-state index is -0.128. The molecule has 0 bridgehead atoms. The average Bonchev–Trinajstić information content (AvgIpc) is 2.43. The lowest BCUT2D eigenvalue weighted by Gasteiger charge is -2.09. The molecule has 0 saturated carbocycles. The molecular weight excluding hydrogens is 262 g/mol. The van der Waals surface area contributed by atoms with Crippen molar-refractivity contribution in [3.05, 3.63) is 70.0 Å². The number of halogens is 1. The smallest absolute Gasteiger partial charge is 0.191 e. The van der Waals surface area contributed by atoms with Gasteiger partial charge in [-0.3, -0.25) is 4.79 Å². The monoisotopic (exact) mass is 271 g/mol. The molecule has 19 heavy (non-hydrogen) atoms. The highest BCUT2D eigenvalue weighted by Crippen LogP contribution is 2.30. The third kappa shape index (κ3) is 2.20. The molecule has 0 aliphatic rings. The Kier molecular flexibility index (Phi) is 2.97. The van der Waals surface area contributed by atoms with E-state index < -0.39 is 0 Å². The zero-order chi connectivity index (χ0) is 13.2. The highest BCUT2D eigenvalue weighted by Gasteiger charge is 2.09. The number of rotatable bonds is 2. The summed E-state index contributed by atoms with van der Waals surface area (Å²) in [5.41, 5.74) is 0.473. The van der Waals surface area contributed by atoms with E-state index >= 15 is 0 Å². The van der Waals surface area contributed by atoms with E-state index in [9.17, 15) is 4.79 Å². The zero-order valence-electron chi connectivity index (χ0n) is 9.89. The standard InChI is InChI=1S/C15H10ClNO2/c16-11-6-7-13(19-10-4-2-1-3-5-10)15-14(11)12(18)8-9-17-15/h1-9H,(H,17,18). The Balaban J connectivity index is 2.18. The molecule has 94 valence electrons. The third-order valence-corrected chi connectivity index (χ3v) is 3.11. The van der Waals surface area contributed by atoms with E-state index in [-0.39, 0.29) is 5.43 Å². The molecule has 3 rings (SSSR count). The van der Waals surface area contributed by atoms with Gasteiger partial charge in [-0.25, -0.2) is 0 Å². The van der Waals surface area contributed by atoms with Crippen molar-refractivity contribution in [1.82, 2.24) is 4.98 Å². The van der Waals surface area contributed by atoms with Crippen LogP contribution in [0, 0.1) is 0 Å². The number of hydrogen-bond donors (Lipinski definition) is 1. The van der Waals surface area contributed by atoms with Crippen molar-refractivity contribution in [3.63, 3.8) is 0 Å². The number of aromatic amines is 1. The molecule has 0 radical (unpaired) electrons. The lowest BCUT2D eigenvalue weighted by Crippen LogP contribution is -2.01. The summed E-state index contributed by atoms with van der Waals surface area (Å²) in [7, 11) is 0. The van der Waals surface area contributed by atoms with E-state index in [0.717, 1.165) is 0 Å². The third-order valence-electron chi connectivity index (χ3n) is 2.80. The molecule has 1 N–H and O–H groups in total. The van der Waals surface area contributed by atoms with Crippen LogP contribution in [0.5, 0.6) is 11.5 Å². The molecule has 0 aliphatic carbocycles. The van der Waals surface area contributed by atoms with Crippen LogP contribution >= 0.6 is 11.6 Å². The number of ether oxygens (including phenoxy) is 1. The Hall–Kier alpha value is -2.26. The molecule has 2 aromatic carbocycles. The summed E-state index contributed by atoms with van der Waals surface area (Å²) in [5.74, 6) is 1.28. The second-order valence-electron chi connectivity index (χ2n) is 4.05. The number of aromatic nitrogens is 1. The molecule has 0 spiro atoms. The Bertz CT molecular complexity index is 781. The van der Waals surface area contributed by atoms with Crippen LogP contribution in [-0.2, 0) is 0 Å². The maximum atomic E-state index is 11.8. The predicted molar refractivity (Wildman–Crippen MR) is 76.1 cm³/mol. The Morgan fingerprint density at radius 3 is 2.58 bits per heavy atom. The minimum absolute atomic E-state index is 0.128. The fourth-order valence-electron chi connectivity index (χ4n) is 1.93. The molecule has 1 aromatic heterocycles. The van der Waals surface area contributed by atoms with Gasteiger partial charge < -0.3 is 9.72 Å². The van der Waals surface area contributed by atoms with E-state index in [4.69, 9.17) is 16.3 Å². The lowest BCUT2D eigenvalue weighted by atomic mass is 10.2. The van der Waals surface area contributed by atoms with Crippen LogP contribution in [0.15, 0.2) is 59.5 Å². The topological polar surface area (TPSA) is 42.1 Å². The fraction of sp³-hybridized carbons (Fsp3) is 0. The van der Waals surface area contributed by atoms with Gasteiger partial charge in [0.2, 0.25) is 0 Å². The van der Waals surface area contributed by atoms with Crippen LogP contribution in [-0.4, -0.2) is 4.98 Å². The lowest BCUT2D eigenvalue weighted by molar-refractivity contribution is 0.487. The van der Waals surface area contributed by atoms with E-state index in [1.54, 1.807) is 18.3 Å². The number of H-pyrrole nitrogens is 1. The van der Waals surface area contributed by atoms with Crippen LogP contribution < -0.4 is 10.2 Å². The van der Waals surface area contributed by atoms with Crippen LogP contribution in [0.25, 0.3) is 10.9 Å². The number of para-hydroxylation sites is 1. The van der Waals surface area contributed by atoms with Gasteiger partial charge in [0, 0.05) is 12.3 Å². The van der Waals surface area contributed by atoms with Crippen molar-refractivity contribution in [2.24, 2.45) is 0 Å². The van der Waals surface area contributed by atoms with Crippen LogP contribution in [0.3, 0.4) is 0 Å². The van der Waals surface area contributed by atoms with Gasteiger partial charge in [-0.15, -0.1) is 0 Å². The first-order chi connectivity index (χ1) is 9.25. The maximum absolute atomic E-state index is 11.8. The van der Waals surface area contributed by atoms with Gasteiger partial charge >= 0.3 is 0 Å². The molecule has 4 heteroatoms. The Morgan fingerprint density at radius 1 is 1.00 bits per heavy atom. The van der Waals surface area contributed by atoms with Crippen molar-refractivity contribution < 1.29 is 4.74 Å². The molecule has 3 aromatic rings. The van der Waals surface area contributed by atoms with Gasteiger partial charge in [0.1, 0.15) is 5.75 Å². The maximum Gasteiger partial charge on any atom is 0.191 e.